The van der Waals surface area contributed by atoms with Gasteiger partial charge >= 0.3 is 0 Å². The molecule has 1 amide bonds. The number of hydrogen-bond donors (Lipinski definition) is 1. The summed E-state index contributed by atoms with van der Waals surface area (Å²) in [5.41, 5.74) is 2.23. The standard InChI is InChI=1S/C21H27NO4/c1-5-19(26-18-10-8-17(24-4)9-11-18)21(23)22-12-13-25-20-14-15(2)6-7-16(20)3/h6-11,14,19H,5,12-13H2,1-4H3,(H,22,23)/t19-/m1/s1. The van der Waals surface area contributed by atoms with Crippen LogP contribution in [0.1, 0.15) is 24.5 Å². The van der Waals surface area contributed by atoms with E-state index in [0.29, 0.717) is 25.3 Å². The van der Waals surface area contributed by atoms with Crippen molar-refractivity contribution in [1.82, 2.24) is 5.32 Å². The van der Waals surface area contributed by atoms with E-state index in [1.54, 1.807) is 31.4 Å². The Labute approximate surface area is 155 Å². The summed E-state index contributed by atoms with van der Waals surface area (Å²) in [6.45, 7) is 6.78. The van der Waals surface area contributed by atoms with Gasteiger partial charge in [-0.1, -0.05) is 19.1 Å². The van der Waals surface area contributed by atoms with Crippen molar-refractivity contribution in [2.75, 3.05) is 20.3 Å². The van der Waals surface area contributed by atoms with E-state index in [9.17, 15) is 4.79 Å². The fraction of sp³-hybridized carbons (Fsp3) is 0.381. The largest absolute Gasteiger partial charge is 0.497 e. The fourth-order valence-electron chi connectivity index (χ4n) is 2.45. The topological polar surface area (TPSA) is 56.8 Å². The third-order valence-electron chi connectivity index (χ3n) is 4.00. The second-order valence-corrected chi connectivity index (χ2v) is 6.10. The average Bonchev–Trinajstić information content (AvgIpc) is 2.66. The molecule has 0 unspecified atom stereocenters. The van der Waals surface area contributed by atoms with Gasteiger partial charge in [-0.25, -0.2) is 0 Å². The van der Waals surface area contributed by atoms with Gasteiger partial charge in [0, 0.05) is 0 Å². The smallest absolute Gasteiger partial charge is 0.261 e. The van der Waals surface area contributed by atoms with Crippen molar-refractivity contribution >= 4 is 5.91 Å². The maximum absolute atomic E-state index is 12.3. The molecule has 140 valence electrons. The van der Waals surface area contributed by atoms with Crippen LogP contribution in [-0.4, -0.2) is 32.3 Å². The number of amides is 1. The highest BCUT2D eigenvalue weighted by molar-refractivity contribution is 5.81. The highest BCUT2D eigenvalue weighted by Crippen LogP contribution is 2.20. The Morgan fingerprint density at radius 2 is 1.77 bits per heavy atom. The molecule has 5 nitrogen and oxygen atoms in total. The molecule has 1 atom stereocenters. The van der Waals surface area contributed by atoms with E-state index in [1.807, 2.05) is 39.0 Å². The van der Waals surface area contributed by atoms with Crippen LogP contribution in [0.4, 0.5) is 0 Å². The predicted molar refractivity (Wildman–Crippen MR) is 102 cm³/mol. The first-order valence-corrected chi connectivity index (χ1v) is 8.82. The second kappa shape index (κ2) is 9.70. The number of carbonyl (C=O) groups excluding carboxylic acids is 1. The summed E-state index contributed by atoms with van der Waals surface area (Å²) in [5.74, 6) is 2.09. The van der Waals surface area contributed by atoms with E-state index in [0.717, 1.165) is 22.6 Å². The molecule has 0 radical (unpaired) electrons. The fourth-order valence-corrected chi connectivity index (χ4v) is 2.45. The SMILES string of the molecule is CC[C@@H](Oc1ccc(OC)cc1)C(=O)NCCOc1cc(C)ccc1C. The minimum atomic E-state index is -0.538. The zero-order valence-corrected chi connectivity index (χ0v) is 15.9. The molecule has 2 aromatic rings. The van der Waals surface area contributed by atoms with Crippen LogP contribution in [0, 0.1) is 13.8 Å². The van der Waals surface area contributed by atoms with E-state index in [4.69, 9.17) is 14.2 Å². The molecule has 2 rings (SSSR count). The first-order valence-electron chi connectivity index (χ1n) is 8.82. The number of rotatable bonds is 9. The zero-order chi connectivity index (χ0) is 18.9. The number of ether oxygens (including phenoxy) is 3. The summed E-state index contributed by atoms with van der Waals surface area (Å²) in [6.07, 6.45) is 0.0412. The number of hydrogen-bond acceptors (Lipinski definition) is 4. The first-order chi connectivity index (χ1) is 12.5. The lowest BCUT2D eigenvalue weighted by Gasteiger charge is -2.18. The minimum Gasteiger partial charge on any atom is -0.497 e. The number of nitrogens with one attached hydrogen (secondary N) is 1. The summed E-state index contributed by atoms with van der Waals surface area (Å²) in [5, 5.41) is 2.87. The molecular weight excluding hydrogens is 330 g/mol. The van der Waals surface area contributed by atoms with Gasteiger partial charge in [-0.05, 0) is 61.7 Å². The van der Waals surface area contributed by atoms with Gasteiger partial charge in [-0.15, -0.1) is 0 Å². The van der Waals surface area contributed by atoms with Crippen LogP contribution in [-0.2, 0) is 4.79 Å². The van der Waals surface area contributed by atoms with Crippen LogP contribution in [0.25, 0.3) is 0 Å². The molecule has 0 aliphatic rings. The van der Waals surface area contributed by atoms with Gasteiger partial charge in [0.2, 0.25) is 0 Å². The maximum atomic E-state index is 12.3. The lowest BCUT2D eigenvalue weighted by atomic mass is 10.1. The number of aryl methyl sites for hydroxylation is 2. The monoisotopic (exact) mass is 357 g/mol. The van der Waals surface area contributed by atoms with E-state index in [-0.39, 0.29) is 5.91 Å². The van der Waals surface area contributed by atoms with Gasteiger partial charge in [-0.2, -0.15) is 0 Å². The van der Waals surface area contributed by atoms with Crippen molar-refractivity contribution in [2.45, 2.75) is 33.3 Å². The Morgan fingerprint density at radius 1 is 1.08 bits per heavy atom. The summed E-state index contributed by atoms with van der Waals surface area (Å²) in [6, 6.07) is 13.3. The molecule has 0 spiro atoms. The molecule has 26 heavy (non-hydrogen) atoms. The van der Waals surface area contributed by atoms with Crippen LogP contribution in [0.5, 0.6) is 17.2 Å². The molecule has 0 fully saturated rings. The van der Waals surface area contributed by atoms with Crippen LogP contribution in [0.15, 0.2) is 42.5 Å². The molecule has 2 aromatic carbocycles. The van der Waals surface area contributed by atoms with Crippen LogP contribution in [0.3, 0.4) is 0 Å². The van der Waals surface area contributed by atoms with E-state index < -0.39 is 6.10 Å². The second-order valence-electron chi connectivity index (χ2n) is 6.10. The Morgan fingerprint density at radius 3 is 2.42 bits per heavy atom. The highest BCUT2D eigenvalue weighted by atomic mass is 16.5. The normalized spacial score (nSPS) is 11.5. The van der Waals surface area contributed by atoms with Gasteiger partial charge in [-0.3, -0.25) is 4.79 Å². The van der Waals surface area contributed by atoms with Crippen molar-refractivity contribution < 1.29 is 19.0 Å². The van der Waals surface area contributed by atoms with Crippen molar-refractivity contribution in [1.29, 1.82) is 0 Å². The Hall–Kier alpha value is -2.69. The Bertz CT molecular complexity index is 712. The first kappa shape index (κ1) is 19.6. The molecule has 5 heteroatoms. The molecule has 0 aromatic heterocycles. The quantitative estimate of drug-likeness (QED) is 0.696. The molecule has 0 bridgehead atoms. The Kier molecular flexibility index (Phi) is 7.33. The zero-order valence-electron chi connectivity index (χ0n) is 15.9. The van der Waals surface area contributed by atoms with Crippen LogP contribution in [0.2, 0.25) is 0 Å². The summed E-state index contributed by atoms with van der Waals surface area (Å²) >= 11 is 0. The number of benzene rings is 2. The molecule has 0 saturated heterocycles. The van der Waals surface area contributed by atoms with Gasteiger partial charge in [0.1, 0.15) is 23.9 Å². The molecule has 1 N–H and O–H groups in total. The summed E-state index contributed by atoms with van der Waals surface area (Å²) in [4.78, 5) is 12.3. The minimum absolute atomic E-state index is 0.145. The number of carbonyl (C=O) groups is 1. The van der Waals surface area contributed by atoms with Crippen LogP contribution >= 0.6 is 0 Å². The van der Waals surface area contributed by atoms with Gasteiger partial charge in [0.25, 0.3) is 5.91 Å². The van der Waals surface area contributed by atoms with Crippen molar-refractivity contribution in [3.05, 3.63) is 53.6 Å². The van der Waals surface area contributed by atoms with E-state index in [2.05, 4.69) is 5.32 Å². The molecular formula is C21H27NO4. The van der Waals surface area contributed by atoms with Crippen molar-refractivity contribution in [3.8, 4) is 17.2 Å². The number of methoxy groups -OCH3 is 1. The van der Waals surface area contributed by atoms with Crippen LogP contribution < -0.4 is 19.5 Å². The van der Waals surface area contributed by atoms with E-state index in [1.165, 1.54) is 0 Å². The highest BCUT2D eigenvalue weighted by Gasteiger charge is 2.18. The summed E-state index contributed by atoms with van der Waals surface area (Å²) < 4.78 is 16.6. The summed E-state index contributed by atoms with van der Waals surface area (Å²) in [7, 11) is 1.61. The predicted octanol–water partition coefficient (Wildman–Crippen LogP) is 3.66. The maximum Gasteiger partial charge on any atom is 0.261 e. The van der Waals surface area contributed by atoms with Gasteiger partial charge < -0.3 is 19.5 Å². The average molecular weight is 357 g/mol. The molecule has 0 aliphatic heterocycles. The molecule has 0 saturated carbocycles. The molecule has 0 heterocycles. The van der Waals surface area contributed by atoms with Gasteiger partial charge in [0.05, 0.1) is 13.7 Å². The van der Waals surface area contributed by atoms with Crippen molar-refractivity contribution in [3.63, 3.8) is 0 Å². The molecule has 0 aliphatic carbocycles. The van der Waals surface area contributed by atoms with Gasteiger partial charge in [0.15, 0.2) is 6.10 Å². The lowest BCUT2D eigenvalue weighted by molar-refractivity contribution is -0.128. The Balaban J connectivity index is 1.80. The third-order valence-corrected chi connectivity index (χ3v) is 4.00. The van der Waals surface area contributed by atoms with Crippen molar-refractivity contribution in [2.24, 2.45) is 0 Å². The third kappa shape index (κ3) is 5.69. The van der Waals surface area contributed by atoms with E-state index >= 15 is 0 Å². The lowest BCUT2D eigenvalue weighted by Crippen LogP contribution is -2.39.